The summed E-state index contributed by atoms with van der Waals surface area (Å²) in [5.74, 6) is 0.418. The number of nitrogens with zero attached hydrogens (tertiary/aromatic N) is 2. The topological polar surface area (TPSA) is 50.1 Å². The van der Waals surface area contributed by atoms with Crippen LogP contribution >= 0.6 is 0 Å². The van der Waals surface area contributed by atoms with Crippen LogP contribution in [0.5, 0.6) is 0 Å². The van der Waals surface area contributed by atoms with Gasteiger partial charge in [-0.1, -0.05) is 6.92 Å². The smallest absolute Gasteiger partial charge is 0.0762 e. The van der Waals surface area contributed by atoms with Crippen LogP contribution in [-0.2, 0) is 13.6 Å². The summed E-state index contributed by atoms with van der Waals surface area (Å²) in [7, 11) is 1.92. The molecule has 0 amide bonds. The summed E-state index contributed by atoms with van der Waals surface area (Å²) in [5.41, 5.74) is 1.08. The Morgan fingerprint density at radius 2 is 2.40 bits per heavy atom. The van der Waals surface area contributed by atoms with Crippen molar-refractivity contribution in [2.45, 2.75) is 26.3 Å². The van der Waals surface area contributed by atoms with E-state index in [-0.39, 0.29) is 0 Å². The molecule has 0 fully saturated rings. The zero-order valence-corrected chi connectivity index (χ0v) is 9.61. The Labute approximate surface area is 91.3 Å². The van der Waals surface area contributed by atoms with Crippen molar-refractivity contribution in [1.29, 1.82) is 0 Å². The van der Waals surface area contributed by atoms with Gasteiger partial charge in [0.1, 0.15) is 0 Å². The molecular weight excluding hydrogens is 190 g/mol. The van der Waals surface area contributed by atoms with Gasteiger partial charge < -0.3 is 10.4 Å². The van der Waals surface area contributed by atoms with Gasteiger partial charge in [0.2, 0.25) is 0 Å². The largest absolute Gasteiger partial charge is 0.396 e. The molecule has 0 radical (unpaired) electrons. The van der Waals surface area contributed by atoms with Gasteiger partial charge >= 0.3 is 0 Å². The normalized spacial score (nSPS) is 13.0. The first-order valence-corrected chi connectivity index (χ1v) is 5.52. The van der Waals surface area contributed by atoms with E-state index in [1.807, 2.05) is 24.0 Å². The highest BCUT2D eigenvalue weighted by Crippen LogP contribution is 2.02. The minimum atomic E-state index is 0.292. The van der Waals surface area contributed by atoms with Gasteiger partial charge in [-0.3, -0.25) is 4.68 Å². The van der Waals surface area contributed by atoms with E-state index in [1.54, 1.807) is 0 Å². The lowest BCUT2D eigenvalue weighted by atomic mass is 10.1. The third kappa shape index (κ3) is 4.95. The maximum atomic E-state index is 8.84. The maximum Gasteiger partial charge on any atom is 0.0762 e. The van der Waals surface area contributed by atoms with Gasteiger partial charge in [-0.2, -0.15) is 5.10 Å². The Bertz CT molecular complexity index is 273. The second-order valence-electron chi connectivity index (χ2n) is 4.09. The second kappa shape index (κ2) is 6.58. The lowest BCUT2D eigenvalue weighted by Crippen LogP contribution is -2.16. The minimum Gasteiger partial charge on any atom is -0.396 e. The van der Waals surface area contributed by atoms with Crippen molar-refractivity contribution in [3.8, 4) is 0 Å². The highest BCUT2D eigenvalue weighted by atomic mass is 16.3. The monoisotopic (exact) mass is 211 g/mol. The van der Waals surface area contributed by atoms with E-state index >= 15 is 0 Å². The van der Waals surface area contributed by atoms with Crippen molar-refractivity contribution in [2.24, 2.45) is 13.0 Å². The van der Waals surface area contributed by atoms with Crippen molar-refractivity contribution in [3.05, 3.63) is 18.0 Å². The van der Waals surface area contributed by atoms with E-state index in [0.29, 0.717) is 12.5 Å². The molecule has 0 spiro atoms. The van der Waals surface area contributed by atoms with Crippen molar-refractivity contribution >= 4 is 0 Å². The van der Waals surface area contributed by atoms with Crippen LogP contribution in [0.2, 0.25) is 0 Å². The summed E-state index contributed by atoms with van der Waals surface area (Å²) < 4.78 is 1.81. The Morgan fingerprint density at radius 1 is 1.60 bits per heavy atom. The fourth-order valence-electron chi connectivity index (χ4n) is 1.44. The van der Waals surface area contributed by atoms with Crippen LogP contribution in [-0.4, -0.2) is 28.0 Å². The summed E-state index contributed by atoms with van der Waals surface area (Å²) >= 11 is 0. The summed E-state index contributed by atoms with van der Waals surface area (Å²) in [6.45, 7) is 4.17. The Morgan fingerprint density at radius 3 is 3.00 bits per heavy atom. The van der Waals surface area contributed by atoms with E-state index in [0.717, 1.165) is 31.6 Å². The summed E-state index contributed by atoms with van der Waals surface area (Å²) in [4.78, 5) is 0. The Hall–Kier alpha value is -0.870. The molecule has 0 bridgehead atoms. The van der Waals surface area contributed by atoms with Crippen molar-refractivity contribution in [2.75, 3.05) is 13.2 Å². The summed E-state index contributed by atoms with van der Waals surface area (Å²) in [5, 5.41) is 16.4. The van der Waals surface area contributed by atoms with Gasteiger partial charge in [-0.15, -0.1) is 0 Å². The van der Waals surface area contributed by atoms with Crippen LogP contribution < -0.4 is 5.32 Å². The molecule has 0 saturated heterocycles. The van der Waals surface area contributed by atoms with Crippen LogP contribution in [0.4, 0.5) is 0 Å². The van der Waals surface area contributed by atoms with Crippen LogP contribution in [0.25, 0.3) is 0 Å². The molecule has 1 aromatic rings. The highest BCUT2D eigenvalue weighted by molar-refractivity contribution is 4.97. The first kappa shape index (κ1) is 12.2. The lowest BCUT2D eigenvalue weighted by molar-refractivity contribution is 0.228. The van der Waals surface area contributed by atoms with Gasteiger partial charge in [0, 0.05) is 26.4 Å². The van der Waals surface area contributed by atoms with Crippen LogP contribution in [0.15, 0.2) is 12.3 Å². The lowest BCUT2D eigenvalue weighted by Gasteiger charge is -2.07. The van der Waals surface area contributed by atoms with Gasteiger partial charge in [0.15, 0.2) is 0 Å². The van der Waals surface area contributed by atoms with Crippen LogP contribution in [0.3, 0.4) is 0 Å². The molecule has 0 aromatic carbocycles. The van der Waals surface area contributed by atoms with Gasteiger partial charge in [-0.05, 0) is 31.4 Å². The quantitative estimate of drug-likeness (QED) is 0.659. The van der Waals surface area contributed by atoms with E-state index in [1.165, 1.54) is 0 Å². The number of hydrogen-bond acceptors (Lipinski definition) is 3. The molecule has 4 heteroatoms. The zero-order valence-electron chi connectivity index (χ0n) is 9.61. The Balaban J connectivity index is 2.02. The number of hydrogen-bond donors (Lipinski definition) is 2. The number of aryl methyl sites for hydroxylation is 1. The highest BCUT2D eigenvalue weighted by Gasteiger charge is 1.99. The molecule has 86 valence electrons. The molecule has 15 heavy (non-hydrogen) atoms. The molecule has 1 atom stereocenters. The number of aliphatic hydroxyl groups is 1. The van der Waals surface area contributed by atoms with Gasteiger partial charge in [-0.25, -0.2) is 0 Å². The third-order valence-electron chi connectivity index (χ3n) is 2.44. The van der Waals surface area contributed by atoms with E-state index in [9.17, 15) is 0 Å². The van der Waals surface area contributed by atoms with Crippen molar-refractivity contribution < 1.29 is 5.11 Å². The van der Waals surface area contributed by atoms with Gasteiger partial charge in [0.25, 0.3) is 0 Å². The molecule has 1 heterocycles. The molecule has 1 rings (SSSR count). The summed E-state index contributed by atoms with van der Waals surface area (Å²) in [6, 6.07) is 2.02. The van der Waals surface area contributed by atoms with Crippen LogP contribution in [0.1, 0.15) is 25.5 Å². The van der Waals surface area contributed by atoms with Crippen molar-refractivity contribution in [1.82, 2.24) is 15.1 Å². The van der Waals surface area contributed by atoms with E-state index < -0.39 is 0 Å². The molecule has 1 aromatic heterocycles. The predicted octanol–water partition coefficient (Wildman–Crippen LogP) is 0.918. The van der Waals surface area contributed by atoms with Crippen LogP contribution in [0, 0.1) is 5.92 Å². The first-order chi connectivity index (χ1) is 7.22. The zero-order chi connectivity index (χ0) is 11.1. The molecule has 2 N–H and O–H groups in total. The third-order valence-corrected chi connectivity index (χ3v) is 2.44. The van der Waals surface area contributed by atoms with E-state index in [4.69, 9.17) is 5.11 Å². The maximum absolute atomic E-state index is 8.84. The van der Waals surface area contributed by atoms with Gasteiger partial charge in [0.05, 0.1) is 5.69 Å². The fourth-order valence-corrected chi connectivity index (χ4v) is 1.44. The number of aliphatic hydroxyl groups excluding tert-OH is 1. The number of aromatic nitrogens is 2. The standard InChI is InChI=1S/C11H21N3O/c1-10(9-15)4-3-6-12-8-11-5-7-14(2)13-11/h5,7,10,12,15H,3-4,6,8-9H2,1-2H3. The molecular formula is C11H21N3O. The summed E-state index contributed by atoms with van der Waals surface area (Å²) in [6.07, 6.45) is 4.13. The SMILES string of the molecule is CC(CO)CCCNCc1ccn(C)n1. The number of nitrogens with one attached hydrogen (secondary N) is 1. The molecule has 1 unspecified atom stereocenters. The molecule has 0 aliphatic rings. The molecule has 4 nitrogen and oxygen atoms in total. The molecule has 0 aliphatic heterocycles. The second-order valence-corrected chi connectivity index (χ2v) is 4.09. The Kier molecular flexibility index (Phi) is 5.36. The number of rotatable bonds is 7. The first-order valence-electron chi connectivity index (χ1n) is 5.52. The van der Waals surface area contributed by atoms with Crippen molar-refractivity contribution in [3.63, 3.8) is 0 Å². The molecule has 0 saturated carbocycles. The van der Waals surface area contributed by atoms with E-state index in [2.05, 4.69) is 17.3 Å². The predicted molar refractivity (Wildman–Crippen MR) is 60.4 cm³/mol. The average molecular weight is 211 g/mol. The average Bonchev–Trinajstić information content (AvgIpc) is 2.63. The fraction of sp³-hybridized carbons (Fsp3) is 0.727. The minimum absolute atomic E-state index is 0.292. The molecule has 0 aliphatic carbocycles.